The second-order valence-corrected chi connectivity index (χ2v) is 6.94. The van der Waals surface area contributed by atoms with E-state index in [0.717, 1.165) is 22.4 Å². The zero-order valence-corrected chi connectivity index (χ0v) is 16.1. The monoisotopic (exact) mass is 409 g/mol. The number of halogens is 3. The number of nitrogens with zero attached hydrogens (tertiary/aromatic N) is 1. The molecule has 6 heteroatoms. The van der Waals surface area contributed by atoms with Gasteiger partial charge in [-0.1, -0.05) is 42.5 Å². The summed E-state index contributed by atoms with van der Waals surface area (Å²) in [5.41, 5.74) is 2.42. The lowest BCUT2D eigenvalue weighted by Crippen LogP contribution is -2.38. The fourth-order valence-electron chi connectivity index (χ4n) is 3.55. The maximum atomic E-state index is 13.0. The molecule has 1 heterocycles. The molecule has 0 saturated heterocycles. The summed E-state index contributed by atoms with van der Waals surface area (Å²) in [6.45, 7) is 0. The highest BCUT2D eigenvalue weighted by molar-refractivity contribution is 6.07. The van der Waals surface area contributed by atoms with E-state index in [1.54, 1.807) is 37.5 Å². The van der Waals surface area contributed by atoms with Crippen LogP contribution in [0.1, 0.15) is 28.2 Å². The van der Waals surface area contributed by atoms with Gasteiger partial charge in [0, 0.05) is 11.6 Å². The van der Waals surface area contributed by atoms with Crippen LogP contribution in [0.25, 0.3) is 6.08 Å². The van der Waals surface area contributed by atoms with Gasteiger partial charge in [-0.2, -0.15) is 17.9 Å². The predicted molar refractivity (Wildman–Crippen MR) is 109 cm³/mol. The quantitative estimate of drug-likeness (QED) is 0.400. The molecule has 1 unspecified atom stereocenters. The van der Waals surface area contributed by atoms with Gasteiger partial charge in [0.05, 0.1) is 12.7 Å². The normalized spacial score (nSPS) is 17.7. The number of methoxy groups -OCH3 is 1. The molecule has 0 bridgehead atoms. The van der Waals surface area contributed by atoms with Crippen molar-refractivity contribution in [1.29, 1.82) is 0 Å². The lowest BCUT2D eigenvalue weighted by Gasteiger charge is -2.30. The molecule has 1 aliphatic heterocycles. The minimum absolute atomic E-state index is 0.432. The predicted octanol–water partition coefficient (Wildman–Crippen LogP) is 5.85. The second kappa shape index (κ2) is 7.71. The first-order valence-electron chi connectivity index (χ1n) is 9.31. The van der Waals surface area contributed by atoms with Crippen molar-refractivity contribution >= 4 is 11.8 Å². The van der Waals surface area contributed by atoms with E-state index in [2.05, 4.69) is 0 Å². The summed E-state index contributed by atoms with van der Waals surface area (Å²) in [6, 6.07) is 21.4. The molecular weight excluding hydrogens is 391 g/mol. The standard InChI is InChI=1S/C24H18F3NO2/c1-30-20-13-9-18(10-14-20)23-22(17-7-11-19(12-8-17)24(25,26)27)21(28(23)29)15-16-5-3-2-4-6-16/h2-15,22H,1H3/b21-15+. The van der Waals surface area contributed by atoms with Gasteiger partial charge in [0.25, 0.3) is 0 Å². The average molecular weight is 409 g/mol. The maximum absolute atomic E-state index is 13.0. The number of benzene rings is 3. The second-order valence-electron chi connectivity index (χ2n) is 6.94. The van der Waals surface area contributed by atoms with Crippen molar-refractivity contribution in [2.45, 2.75) is 12.1 Å². The molecule has 3 nitrogen and oxygen atoms in total. The van der Waals surface area contributed by atoms with Crippen LogP contribution in [0.3, 0.4) is 0 Å². The van der Waals surface area contributed by atoms with E-state index in [1.165, 1.54) is 12.1 Å². The van der Waals surface area contributed by atoms with Crippen molar-refractivity contribution < 1.29 is 22.6 Å². The number of hydrogen-bond donors (Lipinski definition) is 0. The summed E-state index contributed by atoms with van der Waals surface area (Å²) in [5.74, 6) is 0.223. The SMILES string of the molecule is COc1ccc(C2=[N+]([O-])/C(=C/c3ccccc3)C2c2ccc(C(F)(F)F)cc2)cc1. The zero-order chi connectivity index (χ0) is 21.3. The van der Waals surface area contributed by atoms with E-state index in [9.17, 15) is 18.4 Å². The molecule has 0 radical (unpaired) electrons. The molecule has 0 N–H and O–H groups in total. The molecule has 1 aliphatic rings. The van der Waals surface area contributed by atoms with Crippen LogP contribution >= 0.6 is 0 Å². The first kappa shape index (κ1) is 19.8. The number of ether oxygens (including phenoxy) is 1. The smallest absolute Gasteiger partial charge is 0.416 e. The molecule has 152 valence electrons. The summed E-state index contributed by atoms with van der Waals surface area (Å²) in [4.78, 5) is 0. The highest BCUT2D eigenvalue weighted by Gasteiger charge is 2.45. The van der Waals surface area contributed by atoms with Crippen LogP contribution in [0, 0.1) is 5.21 Å². The molecule has 1 atom stereocenters. The van der Waals surface area contributed by atoms with Crippen LogP contribution in [0.4, 0.5) is 13.2 Å². The Morgan fingerprint density at radius 2 is 1.53 bits per heavy atom. The first-order chi connectivity index (χ1) is 14.4. The van der Waals surface area contributed by atoms with Crippen molar-refractivity contribution in [3.63, 3.8) is 0 Å². The van der Waals surface area contributed by atoms with Crippen molar-refractivity contribution in [2.75, 3.05) is 7.11 Å². The molecular formula is C24H18F3NO2. The van der Waals surface area contributed by atoms with Crippen LogP contribution in [-0.4, -0.2) is 17.6 Å². The van der Waals surface area contributed by atoms with Gasteiger partial charge < -0.3 is 9.94 Å². The van der Waals surface area contributed by atoms with Crippen LogP contribution in [0.5, 0.6) is 5.75 Å². The number of rotatable bonds is 4. The van der Waals surface area contributed by atoms with E-state index in [4.69, 9.17) is 4.74 Å². The molecule has 30 heavy (non-hydrogen) atoms. The van der Waals surface area contributed by atoms with Crippen LogP contribution in [0.2, 0.25) is 0 Å². The zero-order valence-electron chi connectivity index (χ0n) is 16.1. The van der Waals surface area contributed by atoms with E-state index in [0.29, 0.717) is 28.3 Å². The summed E-state index contributed by atoms with van der Waals surface area (Å²) < 4.78 is 44.9. The van der Waals surface area contributed by atoms with Gasteiger partial charge in [-0.3, -0.25) is 0 Å². The Morgan fingerprint density at radius 3 is 2.10 bits per heavy atom. The number of hydrogen-bond acceptors (Lipinski definition) is 2. The summed E-state index contributed by atoms with van der Waals surface area (Å²) in [5, 5.41) is 12.9. The molecule has 3 aromatic rings. The first-order valence-corrected chi connectivity index (χ1v) is 9.31. The highest BCUT2D eigenvalue weighted by Crippen LogP contribution is 2.40. The van der Waals surface area contributed by atoms with Crippen molar-refractivity contribution in [2.24, 2.45) is 0 Å². The van der Waals surface area contributed by atoms with E-state index in [-0.39, 0.29) is 0 Å². The molecule has 0 aromatic heterocycles. The average Bonchev–Trinajstić information content (AvgIpc) is 2.76. The maximum Gasteiger partial charge on any atom is 0.416 e. The van der Waals surface area contributed by atoms with E-state index < -0.39 is 17.7 Å². The Morgan fingerprint density at radius 1 is 0.900 bits per heavy atom. The van der Waals surface area contributed by atoms with Gasteiger partial charge in [-0.05, 0) is 47.5 Å². The largest absolute Gasteiger partial charge is 0.618 e. The number of allylic oxidation sites excluding steroid dienone is 1. The third-order valence-corrected chi connectivity index (χ3v) is 5.09. The molecule has 0 spiro atoms. The van der Waals surface area contributed by atoms with Gasteiger partial charge >= 0.3 is 6.18 Å². The fraction of sp³-hybridized carbons (Fsp3) is 0.125. The van der Waals surface area contributed by atoms with Gasteiger partial charge in [0.1, 0.15) is 5.75 Å². The fourth-order valence-corrected chi connectivity index (χ4v) is 3.55. The summed E-state index contributed by atoms with van der Waals surface area (Å²) in [7, 11) is 1.55. The van der Waals surface area contributed by atoms with Crippen molar-refractivity contribution in [1.82, 2.24) is 0 Å². The Balaban J connectivity index is 1.79. The van der Waals surface area contributed by atoms with E-state index >= 15 is 0 Å². The minimum atomic E-state index is -4.41. The molecule has 0 saturated carbocycles. The van der Waals surface area contributed by atoms with Gasteiger partial charge in [-0.15, -0.1) is 0 Å². The Labute approximate surface area is 172 Å². The van der Waals surface area contributed by atoms with Crippen LogP contribution < -0.4 is 4.74 Å². The lowest BCUT2D eigenvalue weighted by atomic mass is 9.81. The summed E-state index contributed by atoms with van der Waals surface area (Å²) >= 11 is 0. The third kappa shape index (κ3) is 3.68. The molecule has 4 rings (SSSR count). The molecule has 3 aromatic carbocycles. The number of alkyl halides is 3. The van der Waals surface area contributed by atoms with Crippen molar-refractivity contribution in [3.8, 4) is 5.75 Å². The van der Waals surface area contributed by atoms with Crippen molar-refractivity contribution in [3.05, 3.63) is 112 Å². The lowest BCUT2D eigenvalue weighted by molar-refractivity contribution is -0.430. The Kier molecular flexibility index (Phi) is 5.08. The van der Waals surface area contributed by atoms with Gasteiger partial charge in [-0.25, -0.2) is 0 Å². The van der Waals surface area contributed by atoms with E-state index in [1.807, 2.05) is 30.3 Å². The van der Waals surface area contributed by atoms with Gasteiger partial charge in [0.15, 0.2) is 5.92 Å². The van der Waals surface area contributed by atoms with Crippen LogP contribution in [0.15, 0.2) is 84.6 Å². The Hall–Kier alpha value is -3.54. The molecule has 0 fully saturated rings. The molecule has 0 aliphatic carbocycles. The molecule has 0 amide bonds. The van der Waals surface area contributed by atoms with Crippen LogP contribution in [-0.2, 0) is 6.18 Å². The summed E-state index contributed by atoms with van der Waals surface area (Å²) in [6.07, 6.45) is -2.64. The topological polar surface area (TPSA) is 35.3 Å². The minimum Gasteiger partial charge on any atom is -0.618 e. The Bertz CT molecular complexity index is 1100. The number of hydroxylamine groups is 1. The highest BCUT2D eigenvalue weighted by atomic mass is 19.4. The third-order valence-electron chi connectivity index (χ3n) is 5.09. The van der Waals surface area contributed by atoms with Gasteiger partial charge in [0.2, 0.25) is 11.4 Å².